The number of aryl methyl sites for hydroxylation is 2. The summed E-state index contributed by atoms with van der Waals surface area (Å²) in [6.45, 7) is 6.19. The van der Waals surface area contributed by atoms with Gasteiger partial charge >= 0.3 is 0 Å². The third-order valence-corrected chi connectivity index (χ3v) is 4.80. The maximum Gasteiger partial charge on any atom is 0.251 e. The van der Waals surface area contributed by atoms with Crippen molar-refractivity contribution in [2.24, 2.45) is 0 Å². The van der Waals surface area contributed by atoms with Gasteiger partial charge in [0.2, 0.25) is 0 Å². The second kappa shape index (κ2) is 7.01. The van der Waals surface area contributed by atoms with E-state index in [-0.39, 0.29) is 11.9 Å². The predicted octanol–water partition coefficient (Wildman–Crippen LogP) is 4.67. The molecule has 1 amide bonds. The summed E-state index contributed by atoms with van der Waals surface area (Å²) in [4.78, 5) is 16.1. The fraction of sp³-hybridized carbons (Fsp3) is 0.286. The first-order valence-corrected chi connectivity index (χ1v) is 8.57. The number of amides is 1. The van der Waals surface area contributed by atoms with Gasteiger partial charge in [-0.3, -0.25) is 4.79 Å². The number of carbonyl (C=O) groups is 1. The van der Waals surface area contributed by atoms with Crippen LogP contribution >= 0.6 is 0 Å². The van der Waals surface area contributed by atoms with Crippen LogP contribution in [0.15, 0.2) is 42.5 Å². The summed E-state index contributed by atoms with van der Waals surface area (Å²) < 4.78 is 5.20. The Morgan fingerprint density at radius 2 is 1.88 bits per heavy atom. The van der Waals surface area contributed by atoms with Gasteiger partial charge in [-0.05, 0) is 61.7 Å². The van der Waals surface area contributed by atoms with Gasteiger partial charge in [0.05, 0.1) is 13.2 Å². The summed E-state index contributed by atoms with van der Waals surface area (Å²) in [7, 11) is 1.65. The quantitative estimate of drug-likeness (QED) is 0.711. The number of benzene rings is 2. The molecule has 3 rings (SSSR count). The van der Waals surface area contributed by atoms with E-state index in [0.717, 1.165) is 34.3 Å². The summed E-state index contributed by atoms with van der Waals surface area (Å²) in [5.41, 5.74) is 5.14. The zero-order chi connectivity index (χ0) is 18.0. The van der Waals surface area contributed by atoms with E-state index in [1.165, 1.54) is 5.56 Å². The number of aromatic nitrogens is 1. The van der Waals surface area contributed by atoms with Crippen LogP contribution in [0.3, 0.4) is 0 Å². The van der Waals surface area contributed by atoms with E-state index in [0.29, 0.717) is 5.56 Å². The average Bonchev–Trinajstić information content (AvgIpc) is 2.93. The number of methoxy groups -OCH3 is 1. The molecule has 2 N–H and O–H groups in total. The fourth-order valence-electron chi connectivity index (χ4n) is 3.10. The van der Waals surface area contributed by atoms with Crippen molar-refractivity contribution in [3.8, 4) is 5.75 Å². The molecule has 0 fully saturated rings. The van der Waals surface area contributed by atoms with Gasteiger partial charge in [-0.2, -0.15) is 0 Å². The number of fused-ring (bicyclic) bond motifs is 1. The van der Waals surface area contributed by atoms with Gasteiger partial charge in [-0.15, -0.1) is 0 Å². The highest BCUT2D eigenvalue weighted by Gasteiger charge is 2.15. The molecule has 1 heterocycles. The highest BCUT2D eigenvalue weighted by Crippen LogP contribution is 2.24. The Balaban J connectivity index is 1.82. The molecule has 1 atom stereocenters. The molecule has 0 saturated heterocycles. The van der Waals surface area contributed by atoms with Crippen LogP contribution in [-0.4, -0.2) is 18.0 Å². The van der Waals surface area contributed by atoms with E-state index in [1.54, 1.807) is 7.11 Å². The van der Waals surface area contributed by atoms with Gasteiger partial charge < -0.3 is 15.0 Å². The Hall–Kier alpha value is -2.75. The lowest BCUT2D eigenvalue weighted by Crippen LogP contribution is -2.28. The topological polar surface area (TPSA) is 54.1 Å². The minimum absolute atomic E-state index is 0.0249. The average molecular weight is 336 g/mol. The number of ether oxygens (including phenoxy) is 1. The lowest BCUT2D eigenvalue weighted by atomic mass is 10.0. The molecule has 0 aliphatic carbocycles. The van der Waals surface area contributed by atoms with Crippen LogP contribution in [0.5, 0.6) is 5.75 Å². The molecule has 4 heteroatoms. The van der Waals surface area contributed by atoms with E-state index in [2.05, 4.69) is 24.1 Å². The van der Waals surface area contributed by atoms with Crippen LogP contribution in [0, 0.1) is 13.8 Å². The maximum absolute atomic E-state index is 12.7. The van der Waals surface area contributed by atoms with Crippen LogP contribution in [-0.2, 0) is 0 Å². The van der Waals surface area contributed by atoms with Crippen molar-refractivity contribution in [2.75, 3.05) is 7.11 Å². The Kier molecular flexibility index (Phi) is 4.79. The molecule has 4 nitrogen and oxygen atoms in total. The molecule has 3 aromatic rings. The van der Waals surface area contributed by atoms with Crippen LogP contribution in [0.4, 0.5) is 0 Å². The van der Waals surface area contributed by atoms with Gasteiger partial charge in [0.1, 0.15) is 5.75 Å². The standard InChI is InChI=1S/C21H24N2O2/c1-5-19(15-6-9-17(25-4)10-7-15)23-21(24)16-8-11-20-18(12-16)13(2)14(3)22-20/h6-12,19,22H,5H2,1-4H3,(H,23,24). The van der Waals surface area contributed by atoms with E-state index in [4.69, 9.17) is 4.74 Å². The summed E-state index contributed by atoms with van der Waals surface area (Å²) in [6.07, 6.45) is 0.822. The Labute approximate surface area is 148 Å². The first-order chi connectivity index (χ1) is 12.0. The first-order valence-electron chi connectivity index (χ1n) is 8.57. The van der Waals surface area contributed by atoms with Crippen molar-refractivity contribution in [1.82, 2.24) is 10.3 Å². The van der Waals surface area contributed by atoms with Gasteiger partial charge in [0, 0.05) is 22.2 Å². The van der Waals surface area contributed by atoms with Crippen molar-refractivity contribution in [2.45, 2.75) is 33.2 Å². The minimum atomic E-state index is -0.0529. The zero-order valence-electron chi connectivity index (χ0n) is 15.1. The lowest BCUT2D eigenvalue weighted by Gasteiger charge is -2.18. The normalized spacial score (nSPS) is 12.2. The summed E-state index contributed by atoms with van der Waals surface area (Å²) >= 11 is 0. The van der Waals surface area contributed by atoms with E-state index in [9.17, 15) is 4.79 Å². The smallest absolute Gasteiger partial charge is 0.251 e. The van der Waals surface area contributed by atoms with Crippen LogP contribution in [0.2, 0.25) is 0 Å². The second-order valence-electron chi connectivity index (χ2n) is 6.34. The third-order valence-electron chi connectivity index (χ3n) is 4.80. The molecule has 2 aromatic carbocycles. The van der Waals surface area contributed by atoms with Gasteiger partial charge in [-0.25, -0.2) is 0 Å². The van der Waals surface area contributed by atoms with Crippen molar-refractivity contribution in [3.63, 3.8) is 0 Å². The maximum atomic E-state index is 12.7. The summed E-state index contributed by atoms with van der Waals surface area (Å²) in [5.74, 6) is 0.761. The first kappa shape index (κ1) is 17.1. The number of nitrogens with one attached hydrogen (secondary N) is 2. The molecule has 0 aliphatic rings. The van der Waals surface area contributed by atoms with Crippen LogP contribution in [0.25, 0.3) is 10.9 Å². The Morgan fingerprint density at radius 1 is 1.16 bits per heavy atom. The summed E-state index contributed by atoms with van der Waals surface area (Å²) in [5, 5.41) is 4.24. The number of carbonyl (C=O) groups excluding carboxylic acids is 1. The molecule has 0 aliphatic heterocycles. The van der Waals surface area contributed by atoms with Gasteiger partial charge in [0.25, 0.3) is 5.91 Å². The van der Waals surface area contributed by atoms with Crippen molar-refractivity contribution in [3.05, 3.63) is 64.8 Å². The molecular formula is C21H24N2O2. The minimum Gasteiger partial charge on any atom is -0.497 e. The highest BCUT2D eigenvalue weighted by atomic mass is 16.5. The summed E-state index contributed by atoms with van der Waals surface area (Å²) in [6, 6.07) is 13.6. The lowest BCUT2D eigenvalue weighted by molar-refractivity contribution is 0.0935. The molecular weight excluding hydrogens is 312 g/mol. The molecule has 1 aromatic heterocycles. The monoisotopic (exact) mass is 336 g/mol. The number of H-pyrrole nitrogens is 1. The molecule has 25 heavy (non-hydrogen) atoms. The van der Waals surface area contributed by atoms with Gasteiger partial charge in [-0.1, -0.05) is 19.1 Å². The van der Waals surface area contributed by atoms with Crippen LogP contribution < -0.4 is 10.1 Å². The second-order valence-corrected chi connectivity index (χ2v) is 6.34. The molecule has 0 saturated carbocycles. The van der Waals surface area contributed by atoms with Crippen molar-refractivity contribution >= 4 is 16.8 Å². The fourth-order valence-corrected chi connectivity index (χ4v) is 3.10. The SMILES string of the molecule is CCC(NC(=O)c1ccc2[nH]c(C)c(C)c2c1)c1ccc(OC)cc1. The van der Waals surface area contributed by atoms with Crippen molar-refractivity contribution < 1.29 is 9.53 Å². The van der Waals surface area contributed by atoms with E-state index >= 15 is 0 Å². The van der Waals surface area contributed by atoms with E-state index in [1.807, 2.05) is 49.4 Å². The predicted molar refractivity (Wildman–Crippen MR) is 101 cm³/mol. The van der Waals surface area contributed by atoms with E-state index < -0.39 is 0 Å². The molecule has 130 valence electrons. The number of rotatable bonds is 5. The molecule has 0 bridgehead atoms. The van der Waals surface area contributed by atoms with Crippen molar-refractivity contribution in [1.29, 1.82) is 0 Å². The Morgan fingerprint density at radius 3 is 2.52 bits per heavy atom. The highest BCUT2D eigenvalue weighted by molar-refractivity contribution is 5.99. The molecule has 1 unspecified atom stereocenters. The Bertz CT molecular complexity index is 894. The molecule has 0 spiro atoms. The largest absolute Gasteiger partial charge is 0.497 e. The third kappa shape index (κ3) is 3.38. The number of aromatic amines is 1. The van der Waals surface area contributed by atoms with Crippen LogP contribution in [0.1, 0.15) is 46.6 Å². The number of hydrogen-bond acceptors (Lipinski definition) is 2. The number of hydrogen-bond donors (Lipinski definition) is 2. The molecule has 0 radical (unpaired) electrons. The van der Waals surface area contributed by atoms with Gasteiger partial charge in [0.15, 0.2) is 0 Å². The zero-order valence-corrected chi connectivity index (χ0v) is 15.1.